The van der Waals surface area contributed by atoms with Gasteiger partial charge in [0.1, 0.15) is 5.65 Å². The number of aromatic nitrogens is 2. The van der Waals surface area contributed by atoms with Crippen molar-refractivity contribution >= 4 is 16.9 Å². The summed E-state index contributed by atoms with van der Waals surface area (Å²) in [5, 5.41) is 7.56. The first-order valence-electron chi connectivity index (χ1n) is 7.18. The van der Waals surface area contributed by atoms with Crippen molar-refractivity contribution in [1.82, 2.24) is 20.6 Å². The molecule has 0 spiro atoms. The van der Waals surface area contributed by atoms with E-state index in [4.69, 9.17) is 0 Å². The van der Waals surface area contributed by atoms with E-state index in [2.05, 4.69) is 27.5 Å². The van der Waals surface area contributed by atoms with E-state index in [1.54, 1.807) is 6.20 Å². The lowest BCUT2D eigenvalue weighted by Crippen LogP contribution is -2.52. The van der Waals surface area contributed by atoms with Crippen molar-refractivity contribution in [3.63, 3.8) is 0 Å². The molecule has 1 amide bonds. The molecule has 1 aliphatic heterocycles. The van der Waals surface area contributed by atoms with Crippen LogP contribution in [-0.2, 0) is 11.2 Å². The van der Waals surface area contributed by atoms with Crippen LogP contribution in [0.2, 0.25) is 0 Å². The van der Waals surface area contributed by atoms with E-state index in [-0.39, 0.29) is 11.9 Å². The molecule has 0 radical (unpaired) electrons. The number of H-pyrrole nitrogens is 1. The molecular weight excluding hydrogens is 252 g/mol. The van der Waals surface area contributed by atoms with Gasteiger partial charge >= 0.3 is 0 Å². The van der Waals surface area contributed by atoms with Crippen LogP contribution in [-0.4, -0.2) is 34.5 Å². The summed E-state index contributed by atoms with van der Waals surface area (Å²) in [4.78, 5) is 19.5. The number of carbonyl (C=O) groups excluding carboxylic acids is 1. The third-order valence-electron chi connectivity index (χ3n) is 4.00. The predicted molar refractivity (Wildman–Crippen MR) is 78.4 cm³/mol. The van der Waals surface area contributed by atoms with Crippen LogP contribution in [0.4, 0.5) is 0 Å². The highest BCUT2D eigenvalue weighted by Crippen LogP contribution is 2.16. The van der Waals surface area contributed by atoms with Gasteiger partial charge in [0.15, 0.2) is 0 Å². The Hall–Kier alpha value is -1.88. The Morgan fingerprint density at radius 2 is 2.45 bits per heavy atom. The standard InChI is InChI=1S/C15H20N4O/c1-10-13(5-3-6-16-10)19-14(20)8-11-9-18-15-12(11)4-2-7-17-15/h2,4,7,9-10,13,16H,3,5-6,8H2,1H3,(H,17,18)(H,19,20). The van der Waals surface area contributed by atoms with Gasteiger partial charge in [-0.3, -0.25) is 4.79 Å². The van der Waals surface area contributed by atoms with Gasteiger partial charge in [-0.1, -0.05) is 0 Å². The molecule has 2 aromatic rings. The van der Waals surface area contributed by atoms with Crippen molar-refractivity contribution < 1.29 is 4.79 Å². The number of piperidine rings is 1. The molecule has 3 N–H and O–H groups in total. The summed E-state index contributed by atoms with van der Waals surface area (Å²) in [5.41, 5.74) is 1.84. The van der Waals surface area contributed by atoms with Crippen LogP contribution < -0.4 is 10.6 Å². The Bertz CT molecular complexity index is 607. The van der Waals surface area contributed by atoms with Gasteiger partial charge in [0, 0.05) is 29.9 Å². The van der Waals surface area contributed by atoms with E-state index < -0.39 is 0 Å². The SMILES string of the molecule is CC1NCCCC1NC(=O)Cc1c[nH]c2ncccc12. The Morgan fingerprint density at radius 1 is 1.55 bits per heavy atom. The average molecular weight is 272 g/mol. The number of rotatable bonds is 3. The highest BCUT2D eigenvalue weighted by atomic mass is 16.1. The summed E-state index contributed by atoms with van der Waals surface area (Å²) in [7, 11) is 0. The molecule has 1 fully saturated rings. The van der Waals surface area contributed by atoms with Crippen molar-refractivity contribution in [1.29, 1.82) is 0 Å². The highest BCUT2D eigenvalue weighted by molar-refractivity contribution is 5.87. The molecule has 2 atom stereocenters. The van der Waals surface area contributed by atoms with Crippen molar-refractivity contribution in [2.45, 2.75) is 38.3 Å². The van der Waals surface area contributed by atoms with Crippen LogP contribution >= 0.6 is 0 Å². The second kappa shape index (κ2) is 5.63. The first kappa shape index (κ1) is 13.1. The summed E-state index contributed by atoms with van der Waals surface area (Å²) < 4.78 is 0. The molecule has 5 heteroatoms. The number of nitrogens with zero attached hydrogens (tertiary/aromatic N) is 1. The average Bonchev–Trinajstić information content (AvgIpc) is 2.85. The summed E-state index contributed by atoms with van der Waals surface area (Å²) in [5.74, 6) is 0.0790. The number of nitrogens with one attached hydrogen (secondary N) is 3. The first-order chi connectivity index (χ1) is 9.74. The van der Waals surface area contributed by atoms with Gasteiger partial charge in [-0.2, -0.15) is 0 Å². The normalized spacial score (nSPS) is 22.9. The zero-order valence-electron chi connectivity index (χ0n) is 11.6. The molecule has 5 nitrogen and oxygen atoms in total. The molecule has 0 aromatic carbocycles. The van der Waals surface area contributed by atoms with E-state index in [0.29, 0.717) is 12.5 Å². The lowest BCUT2D eigenvalue weighted by atomic mass is 9.99. The van der Waals surface area contributed by atoms with Gasteiger partial charge in [-0.25, -0.2) is 4.98 Å². The lowest BCUT2D eigenvalue weighted by Gasteiger charge is -2.30. The summed E-state index contributed by atoms with van der Waals surface area (Å²) in [6.07, 6.45) is 6.19. The van der Waals surface area contributed by atoms with Crippen molar-refractivity contribution in [2.75, 3.05) is 6.54 Å². The number of aromatic amines is 1. The van der Waals surface area contributed by atoms with Crippen LogP contribution in [0.25, 0.3) is 11.0 Å². The van der Waals surface area contributed by atoms with Gasteiger partial charge in [0.25, 0.3) is 0 Å². The van der Waals surface area contributed by atoms with Gasteiger partial charge in [-0.15, -0.1) is 0 Å². The molecule has 20 heavy (non-hydrogen) atoms. The van der Waals surface area contributed by atoms with E-state index in [1.807, 2.05) is 18.3 Å². The number of fused-ring (bicyclic) bond motifs is 1. The summed E-state index contributed by atoms with van der Waals surface area (Å²) >= 11 is 0. The van der Waals surface area contributed by atoms with Crippen LogP contribution in [0.3, 0.4) is 0 Å². The monoisotopic (exact) mass is 272 g/mol. The Morgan fingerprint density at radius 3 is 3.30 bits per heavy atom. The Kier molecular flexibility index (Phi) is 3.69. The number of pyridine rings is 1. The third-order valence-corrected chi connectivity index (χ3v) is 4.00. The maximum absolute atomic E-state index is 12.2. The number of amides is 1. The highest BCUT2D eigenvalue weighted by Gasteiger charge is 2.22. The smallest absolute Gasteiger partial charge is 0.224 e. The van der Waals surface area contributed by atoms with Gasteiger partial charge in [0.05, 0.1) is 6.42 Å². The number of carbonyl (C=O) groups is 1. The van der Waals surface area contributed by atoms with Gasteiger partial charge in [-0.05, 0) is 44.0 Å². The zero-order valence-corrected chi connectivity index (χ0v) is 11.6. The van der Waals surface area contributed by atoms with E-state index in [1.165, 1.54) is 0 Å². The fourth-order valence-electron chi connectivity index (χ4n) is 2.83. The predicted octanol–water partition coefficient (Wildman–Crippen LogP) is 1.36. The van der Waals surface area contributed by atoms with Crippen LogP contribution in [0.1, 0.15) is 25.3 Å². The summed E-state index contributed by atoms with van der Waals surface area (Å²) in [6, 6.07) is 4.47. The molecule has 0 aliphatic carbocycles. The quantitative estimate of drug-likeness (QED) is 0.790. The van der Waals surface area contributed by atoms with Crippen molar-refractivity contribution in [3.8, 4) is 0 Å². The second-order valence-corrected chi connectivity index (χ2v) is 5.45. The molecule has 2 unspecified atom stereocenters. The van der Waals surface area contributed by atoms with Crippen molar-refractivity contribution in [2.24, 2.45) is 0 Å². The van der Waals surface area contributed by atoms with Gasteiger partial charge < -0.3 is 15.6 Å². The molecule has 0 saturated carbocycles. The molecule has 3 heterocycles. The fraction of sp³-hybridized carbons (Fsp3) is 0.467. The first-order valence-corrected chi connectivity index (χ1v) is 7.18. The molecular formula is C15H20N4O. The fourth-order valence-corrected chi connectivity index (χ4v) is 2.83. The van der Waals surface area contributed by atoms with Gasteiger partial charge in [0.2, 0.25) is 5.91 Å². The van der Waals surface area contributed by atoms with Crippen LogP contribution in [0.15, 0.2) is 24.5 Å². The molecule has 3 rings (SSSR count). The van der Waals surface area contributed by atoms with E-state index in [9.17, 15) is 4.79 Å². The van der Waals surface area contributed by atoms with Crippen molar-refractivity contribution in [3.05, 3.63) is 30.1 Å². The lowest BCUT2D eigenvalue weighted by molar-refractivity contribution is -0.121. The minimum atomic E-state index is 0.0790. The molecule has 2 aromatic heterocycles. The molecule has 1 saturated heterocycles. The molecule has 0 bridgehead atoms. The molecule has 106 valence electrons. The zero-order chi connectivity index (χ0) is 13.9. The minimum absolute atomic E-state index is 0.0790. The second-order valence-electron chi connectivity index (χ2n) is 5.45. The maximum Gasteiger partial charge on any atom is 0.224 e. The largest absolute Gasteiger partial charge is 0.352 e. The number of hydrogen-bond donors (Lipinski definition) is 3. The van der Waals surface area contributed by atoms with E-state index >= 15 is 0 Å². The van der Waals surface area contributed by atoms with Crippen LogP contribution in [0.5, 0.6) is 0 Å². The van der Waals surface area contributed by atoms with E-state index in [0.717, 1.165) is 36.0 Å². The Labute approximate surface area is 118 Å². The minimum Gasteiger partial charge on any atom is -0.352 e. The van der Waals surface area contributed by atoms with Crippen LogP contribution in [0, 0.1) is 0 Å². The Balaban J connectivity index is 1.66. The third kappa shape index (κ3) is 2.67. The number of hydrogen-bond acceptors (Lipinski definition) is 3. The maximum atomic E-state index is 12.2. The molecule has 1 aliphatic rings. The summed E-state index contributed by atoms with van der Waals surface area (Å²) in [6.45, 7) is 3.17. The topological polar surface area (TPSA) is 69.8 Å².